The van der Waals surface area contributed by atoms with Gasteiger partial charge in [0.1, 0.15) is 0 Å². The van der Waals surface area contributed by atoms with Gasteiger partial charge in [-0.3, -0.25) is 0 Å². The molecule has 2 rings (SSSR count). The first kappa shape index (κ1) is 15.6. The molecule has 1 nitrogen and oxygen atoms in total. The second-order valence-corrected chi connectivity index (χ2v) is 7.49. The highest BCUT2D eigenvalue weighted by Gasteiger charge is 2.36. The van der Waals surface area contributed by atoms with E-state index in [1.807, 2.05) is 0 Å². The summed E-state index contributed by atoms with van der Waals surface area (Å²) in [6, 6.07) is 4.47. The van der Waals surface area contributed by atoms with Crippen LogP contribution in [-0.2, 0) is 6.42 Å². The summed E-state index contributed by atoms with van der Waals surface area (Å²) in [6.07, 6.45) is 5.63. The molecule has 1 aliphatic carbocycles. The Hall–Kier alpha value is -0.820. The van der Waals surface area contributed by atoms with Crippen molar-refractivity contribution in [1.29, 1.82) is 0 Å². The summed E-state index contributed by atoms with van der Waals surface area (Å²) >= 11 is 0. The molecule has 2 atom stereocenters. The molecule has 1 aromatic rings. The highest BCUT2D eigenvalue weighted by atomic mass is 16.3. The number of hydrogen-bond acceptors (Lipinski definition) is 1. The van der Waals surface area contributed by atoms with Crippen molar-refractivity contribution in [2.45, 2.75) is 72.8 Å². The van der Waals surface area contributed by atoms with Crippen LogP contribution in [0.5, 0.6) is 0 Å². The van der Waals surface area contributed by atoms with E-state index in [9.17, 15) is 5.11 Å². The summed E-state index contributed by atoms with van der Waals surface area (Å²) in [7, 11) is 0. The van der Waals surface area contributed by atoms with Gasteiger partial charge in [0.2, 0.25) is 0 Å². The maximum Gasteiger partial charge on any atom is 0.0614 e. The van der Waals surface area contributed by atoms with E-state index in [4.69, 9.17) is 0 Å². The van der Waals surface area contributed by atoms with Gasteiger partial charge < -0.3 is 5.11 Å². The van der Waals surface area contributed by atoms with Gasteiger partial charge in [0.25, 0.3) is 0 Å². The van der Waals surface area contributed by atoms with Crippen LogP contribution in [0.15, 0.2) is 12.1 Å². The van der Waals surface area contributed by atoms with E-state index in [0.29, 0.717) is 5.92 Å². The van der Waals surface area contributed by atoms with E-state index in [2.05, 4.69) is 46.8 Å². The van der Waals surface area contributed by atoms with Gasteiger partial charge in [-0.25, -0.2) is 0 Å². The first-order valence-electron chi connectivity index (χ1n) is 8.06. The van der Waals surface area contributed by atoms with Crippen LogP contribution in [0.1, 0.15) is 61.8 Å². The Morgan fingerprint density at radius 3 is 2.30 bits per heavy atom. The van der Waals surface area contributed by atoms with Crippen LogP contribution in [0, 0.1) is 32.1 Å². The van der Waals surface area contributed by atoms with Crippen LogP contribution in [0.4, 0.5) is 0 Å². The molecule has 0 heterocycles. The average molecular weight is 274 g/mol. The summed E-state index contributed by atoms with van der Waals surface area (Å²) in [5.74, 6) is 0.441. The fraction of sp³-hybridized carbons (Fsp3) is 0.684. The maximum atomic E-state index is 10.8. The lowest BCUT2D eigenvalue weighted by molar-refractivity contribution is 0.00565. The van der Waals surface area contributed by atoms with Crippen LogP contribution in [0.25, 0.3) is 0 Å². The smallest absolute Gasteiger partial charge is 0.0614 e. The van der Waals surface area contributed by atoms with E-state index in [0.717, 1.165) is 6.42 Å². The van der Waals surface area contributed by atoms with Crippen molar-refractivity contribution in [3.8, 4) is 0 Å². The monoisotopic (exact) mass is 274 g/mol. The number of aryl methyl sites for hydroxylation is 3. The first-order chi connectivity index (χ1) is 9.31. The van der Waals surface area contributed by atoms with Gasteiger partial charge in [0.05, 0.1) is 6.10 Å². The van der Waals surface area contributed by atoms with Gasteiger partial charge in [-0.1, -0.05) is 44.4 Å². The standard InChI is InChI=1S/C19H30O/c1-13-10-14(2)16(15(3)11-13)12-18(20)17-8-6-7-9-19(17,4)5/h10-11,17-18,20H,6-9,12H2,1-5H3. The van der Waals surface area contributed by atoms with Crippen molar-refractivity contribution in [2.75, 3.05) is 0 Å². The normalized spacial score (nSPS) is 23.6. The van der Waals surface area contributed by atoms with Crippen molar-refractivity contribution in [3.63, 3.8) is 0 Å². The highest BCUT2D eigenvalue weighted by Crippen LogP contribution is 2.43. The number of benzene rings is 1. The molecule has 1 saturated carbocycles. The molecule has 1 heteroatoms. The zero-order valence-corrected chi connectivity index (χ0v) is 13.8. The first-order valence-corrected chi connectivity index (χ1v) is 8.06. The average Bonchev–Trinajstić information content (AvgIpc) is 2.32. The minimum atomic E-state index is -0.203. The highest BCUT2D eigenvalue weighted by molar-refractivity contribution is 5.38. The van der Waals surface area contributed by atoms with Gasteiger partial charge >= 0.3 is 0 Å². The summed E-state index contributed by atoms with van der Waals surface area (Å²) in [5.41, 5.74) is 5.61. The van der Waals surface area contributed by atoms with E-state index in [-0.39, 0.29) is 11.5 Å². The minimum absolute atomic E-state index is 0.203. The lowest BCUT2D eigenvalue weighted by Gasteiger charge is -2.41. The Labute approximate surface area is 124 Å². The SMILES string of the molecule is Cc1cc(C)c(CC(O)C2CCCCC2(C)C)c(C)c1. The molecule has 0 radical (unpaired) electrons. The van der Waals surface area contributed by atoms with Crippen LogP contribution in [-0.4, -0.2) is 11.2 Å². The van der Waals surface area contributed by atoms with Crippen LogP contribution in [0.2, 0.25) is 0 Å². The van der Waals surface area contributed by atoms with E-state index in [1.165, 1.54) is 47.9 Å². The lowest BCUT2D eigenvalue weighted by Crippen LogP contribution is -2.38. The molecular formula is C19H30O. The van der Waals surface area contributed by atoms with Gasteiger partial charge in [-0.05, 0) is 68.1 Å². The quantitative estimate of drug-likeness (QED) is 0.844. The molecule has 0 spiro atoms. The second kappa shape index (κ2) is 5.89. The molecule has 0 aliphatic heterocycles. The lowest BCUT2D eigenvalue weighted by atomic mass is 9.65. The third-order valence-corrected chi connectivity index (χ3v) is 5.31. The molecule has 0 amide bonds. The van der Waals surface area contributed by atoms with Crippen LogP contribution in [0.3, 0.4) is 0 Å². The Kier molecular flexibility index (Phi) is 4.59. The number of rotatable bonds is 3. The van der Waals surface area contributed by atoms with Gasteiger partial charge in [0, 0.05) is 0 Å². The molecule has 1 N–H and O–H groups in total. The number of aliphatic hydroxyl groups is 1. The van der Waals surface area contributed by atoms with Crippen LogP contribution >= 0.6 is 0 Å². The molecule has 1 fully saturated rings. The van der Waals surface area contributed by atoms with Gasteiger partial charge in [0.15, 0.2) is 0 Å². The predicted octanol–water partition coefficient (Wildman–Crippen LogP) is 4.73. The van der Waals surface area contributed by atoms with Crippen molar-refractivity contribution in [1.82, 2.24) is 0 Å². The Morgan fingerprint density at radius 2 is 1.75 bits per heavy atom. The largest absolute Gasteiger partial charge is 0.392 e. The molecule has 0 saturated heterocycles. The zero-order chi connectivity index (χ0) is 14.9. The number of hydrogen-bond donors (Lipinski definition) is 1. The summed E-state index contributed by atoms with van der Waals surface area (Å²) in [4.78, 5) is 0. The molecule has 2 unspecified atom stereocenters. The Morgan fingerprint density at radius 1 is 1.15 bits per heavy atom. The van der Waals surface area contributed by atoms with Crippen molar-refractivity contribution < 1.29 is 5.11 Å². The summed E-state index contributed by atoms with van der Waals surface area (Å²) in [6.45, 7) is 11.1. The van der Waals surface area contributed by atoms with Gasteiger partial charge in [-0.2, -0.15) is 0 Å². The van der Waals surface area contributed by atoms with Crippen LogP contribution < -0.4 is 0 Å². The third kappa shape index (κ3) is 3.25. The predicted molar refractivity (Wildman–Crippen MR) is 86.1 cm³/mol. The Bertz CT molecular complexity index is 450. The minimum Gasteiger partial charge on any atom is -0.392 e. The Balaban J connectivity index is 2.17. The van der Waals surface area contributed by atoms with Gasteiger partial charge in [-0.15, -0.1) is 0 Å². The molecule has 0 aromatic heterocycles. The zero-order valence-electron chi connectivity index (χ0n) is 13.8. The second-order valence-electron chi connectivity index (χ2n) is 7.49. The maximum absolute atomic E-state index is 10.8. The molecule has 0 bridgehead atoms. The number of aliphatic hydroxyl groups excluding tert-OH is 1. The summed E-state index contributed by atoms with van der Waals surface area (Å²) in [5, 5.41) is 10.8. The van der Waals surface area contributed by atoms with E-state index in [1.54, 1.807) is 0 Å². The molecule has 1 aromatic carbocycles. The van der Waals surface area contributed by atoms with Crippen molar-refractivity contribution >= 4 is 0 Å². The molecule has 1 aliphatic rings. The molecule has 20 heavy (non-hydrogen) atoms. The third-order valence-electron chi connectivity index (χ3n) is 5.31. The molecule has 112 valence electrons. The summed E-state index contributed by atoms with van der Waals surface area (Å²) < 4.78 is 0. The fourth-order valence-electron chi connectivity index (χ4n) is 4.12. The van der Waals surface area contributed by atoms with E-state index >= 15 is 0 Å². The van der Waals surface area contributed by atoms with Crippen molar-refractivity contribution in [3.05, 3.63) is 34.4 Å². The fourth-order valence-corrected chi connectivity index (χ4v) is 4.12. The molecular weight excluding hydrogens is 244 g/mol. The van der Waals surface area contributed by atoms with E-state index < -0.39 is 0 Å². The topological polar surface area (TPSA) is 20.2 Å². The van der Waals surface area contributed by atoms with Crippen molar-refractivity contribution in [2.24, 2.45) is 11.3 Å².